The van der Waals surface area contributed by atoms with Gasteiger partial charge >= 0.3 is 11.7 Å². The molecule has 1 amide bonds. The predicted molar refractivity (Wildman–Crippen MR) is 86.5 cm³/mol. The maximum Gasteiger partial charge on any atom is 0.332 e. The minimum absolute atomic E-state index is 0.278. The third-order valence-corrected chi connectivity index (χ3v) is 3.84. The molecule has 1 aliphatic rings. The number of aromatic amines is 1. The van der Waals surface area contributed by atoms with Gasteiger partial charge in [-0.25, -0.2) is 9.59 Å². The fourth-order valence-corrected chi connectivity index (χ4v) is 2.76. The van der Waals surface area contributed by atoms with Crippen molar-refractivity contribution in [3.8, 4) is 0 Å². The topological polar surface area (TPSA) is 110 Å². The second kappa shape index (κ2) is 6.62. The van der Waals surface area contributed by atoms with Crippen LogP contribution in [0.4, 0.5) is 0 Å². The second-order valence-electron chi connectivity index (χ2n) is 7.08. The lowest BCUT2D eigenvalue weighted by Gasteiger charge is -2.32. The molecule has 2 rings (SSSR count). The summed E-state index contributed by atoms with van der Waals surface area (Å²) in [7, 11) is 0. The first kappa shape index (κ1) is 18.0. The van der Waals surface area contributed by atoms with Gasteiger partial charge in [0.25, 0.3) is 5.56 Å². The number of H-pyrrole nitrogens is 1. The number of rotatable bonds is 4. The Morgan fingerprint density at radius 2 is 1.92 bits per heavy atom. The van der Waals surface area contributed by atoms with Crippen LogP contribution in [0.3, 0.4) is 0 Å². The molecule has 1 saturated carbocycles. The molecule has 1 fully saturated rings. The number of ether oxygens (including phenoxy) is 1. The zero-order valence-corrected chi connectivity index (χ0v) is 14.2. The van der Waals surface area contributed by atoms with E-state index in [1.165, 1.54) is 6.20 Å². The van der Waals surface area contributed by atoms with E-state index in [0.717, 1.165) is 23.5 Å². The number of nitrogens with zero attached hydrogens (tertiary/aromatic N) is 1. The van der Waals surface area contributed by atoms with Crippen LogP contribution in [-0.2, 0) is 20.9 Å². The van der Waals surface area contributed by atoms with Crippen LogP contribution in [0.15, 0.2) is 21.9 Å². The largest absolute Gasteiger partial charge is 0.458 e. The van der Waals surface area contributed by atoms with Crippen molar-refractivity contribution in [3.63, 3.8) is 0 Å². The van der Waals surface area contributed by atoms with Crippen LogP contribution in [0.1, 0.15) is 46.5 Å². The molecule has 0 unspecified atom stereocenters. The van der Waals surface area contributed by atoms with Crippen molar-refractivity contribution in [2.45, 2.75) is 64.1 Å². The summed E-state index contributed by atoms with van der Waals surface area (Å²) in [6.07, 6.45) is 3.90. The molecule has 24 heavy (non-hydrogen) atoms. The lowest BCUT2D eigenvalue weighted by Crippen LogP contribution is -2.55. The molecule has 8 nitrogen and oxygen atoms in total. The van der Waals surface area contributed by atoms with Gasteiger partial charge < -0.3 is 10.1 Å². The summed E-state index contributed by atoms with van der Waals surface area (Å²) < 4.78 is 6.52. The Balaban J connectivity index is 2.12. The summed E-state index contributed by atoms with van der Waals surface area (Å²) in [5, 5.41) is 2.74. The third kappa shape index (κ3) is 4.33. The molecule has 0 spiro atoms. The highest BCUT2D eigenvalue weighted by Gasteiger charge is 2.45. The van der Waals surface area contributed by atoms with Gasteiger partial charge in [-0.1, -0.05) is 12.8 Å². The predicted octanol–water partition coefficient (Wildman–Crippen LogP) is 0.307. The Kier molecular flexibility index (Phi) is 4.96. The summed E-state index contributed by atoms with van der Waals surface area (Å²) in [6, 6.07) is 1.16. The van der Waals surface area contributed by atoms with Crippen LogP contribution in [0.25, 0.3) is 0 Å². The van der Waals surface area contributed by atoms with E-state index >= 15 is 0 Å². The molecule has 0 aromatic carbocycles. The average Bonchev–Trinajstić information content (AvgIpc) is 2.90. The first-order valence-corrected chi connectivity index (χ1v) is 7.96. The van der Waals surface area contributed by atoms with Gasteiger partial charge in [-0.3, -0.25) is 19.1 Å². The molecule has 132 valence electrons. The van der Waals surface area contributed by atoms with Crippen LogP contribution in [-0.4, -0.2) is 32.6 Å². The van der Waals surface area contributed by atoms with Gasteiger partial charge in [0.1, 0.15) is 17.7 Å². The van der Waals surface area contributed by atoms with Crippen molar-refractivity contribution >= 4 is 11.9 Å². The van der Waals surface area contributed by atoms with Crippen molar-refractivity contribution in [3.05, 3.63) is 33.1 Å². The van der Waals surface area contributed by atoms with Crippen molar-refractivity contribution in [1.29, 1.82) is 0 Å². The monoisotopic (exact) mass is 337 g/mol. The smallest absolute Gasteiger partial charge is 0.332 e. The maximum atomic E-state index is 12.5. The second-order valence-corrected chi connectivity index (χ2v) is 7.08. The van der Waals surface area contributed by atoms with Gasteiger partial charge in [0, 0.05) is 12.3 Å². The van der Waals surface area contributed by atoms with Crippen molar-refractivity contribution in [1.82, 2.24) is 14.9 Å². The summed E-state index contributed by atoms with van der Waals surface area (Å²) in [6.45, 7) is 5.04. The highest BCUT2D eigenvalue weighted by Crippen LogP contribution is 2.32. The minimum Gasteiger partial charge on any atom is -0.458 e. The zero-order valence-electron chi connectivity index (χ0n) is 14.2. The average molecular weight is 337 g/mol. The van der Waals surface area contributed by atoms with Crippen molar-refractivity contribution < 1.29 is 14.3 Å². The molecule has 0 saturated heterocycles. The van der Waals surface area contributed by atoms with E-state index in [0.29, 0.717) is 12.8 Å². The number of nitrogens with one attached hydrogen (secondary N) is 2. The molecule has 1 aromatic heterocycles. The van der Waals surface area contributed by atoms with Crippen molar-refractivity contribution in [2.24, 2.45) is 0 Å². The number of aromatic nitrogens is 2. The molecular formula is C16H23N3O5. The SMILES string of the molecule is CC(C)(C)OC(=O)C1(NC(=O)Cn2ccc(=O)[nH]c2=O)CCCC1. The number of esters is 1. The van der Waals surface area contributed by atoms with E-state index < -0.39 is 34.3 Å². The van der Waals surface area contributed by atoms with E-state index in [-0.39, 0.29) is 6.54 Å². The minimum atomic E-state index is -1.05. The van der Waals surface area contributed by atoms with Crippen LogP contribution < -0.4 is 16.6 Å². The Bertz CT molecular complexity index is 735. The molecule has 2 N–H and O–H groups in total. The van der Waals surface area contributed by atoms with Crippen LogP contribution >= 0.6 is 0 Å². The van der Waals surface area contributed by atoms with Crippen LogP contribution in [0.2, 0.25) is 0 Å². The fraction of sp³-hybridized carbons (Fsp3) is 0.625. The molecule has 1 aromatic rings. The maximum absolute atomic E-state index is 12.5. The van der Waals surface area contributed by atoms with E-state index in [9.17, 15) is 19.2 Å². The van der Waals surface area contributed by atoms with E-state index in [4.69, 9.17) is 4.74 Å². The quantitative estimate of drug-likeness (QED) is 0.768. The standard InChI is InChI=1S/C16H23N3O5/c1-15(2,3)24-13(22)16(7-4-5-8-16)18-12(21)10-19-9-6-11(20)17-14(19)23/h6,9H,4-5,7-8,10H2,1-3H3,(H,18,21)(H,17,20,23). The van der Waals surface area contributed by atoms with Gasteiger partial charge in [0.15, 0.2) is 0 Å². The number of amides is 1. The molecule has 0 bridgehead atoms. The van der Waals surface area contributed by atoms with E-state index in [1.807, 2.05) is 0 Å². The number of carbonyl (C=O) groups is 2. The summed E-state index contributed by atoms with van der Waals surface area (Å²) in [4.78, 5) is 49.6. The number of carbonyl (C=O) groups excluding carboxylic acids is 2. The normalized spacial score (nSPS) is 16.6. The van der Waals surface area contributed by atoms with Crippen LogP contribution in [0, 0.1) is 0 Å². The lowest BCUT2D eigenvalue weighted by molar-refractivity contribution is -0.164. The van der Waals surface area contributed by atoms with Crippen LogP contribution in [0.5, 0.6) is 0 Å². The molecule has 1 heterocycles. The molecule has 0 atom stereocenters. The summed E-state index contributed by atoms with van der Waals surface area (Å²) in [5.74, 6) is -0.924. The lowest BCUT2D eigenvalue weighted by atomic mass is 9.97. The van der Waals surface area contributed by atoms with Gasteiger partial charge in [0.05, 0.1) is 0 Å². The highest BCUT2D eigenvalue weighted by molar-refractivity contribution is 5.88. The van der Waals surface area contributed by atoms with E-state index in [2.05, 4.69) is 10.3 Å². The molecular weight excluding hydrogens is 314 g/mol. The number of hydrogen-bond acceptors (Lipinski definition) is 5. The first-order chi connectivity index (χ1) is 11.1. The highest BCUT2D eigenvalue weighted by atomic mass is 16.6. The molecule has 8 heteroatoms. The first-order valence-electron chi connectivity index (χ1n) is 7.96. The Morgan fingerprint density at radius 3 is 2.46 bits per heavy atom. The fourth-order valence-electron chi connectivity index (χ4n) is 2.76. The number of hydrogen-bond donors (Lipinski definition) is 2. The summed E-state index contributed by atoms with van der Waals surface area (Å²) >= 11 is 0. The zero-order chi connectivity index (χ0) is 18.0. The Labute approximate surface area is 139 Å². The Morgan fingerprint density at radius 1 is 1.29 bits per heavy atom. The van der Waals surface area contributed by atoms with Gasteiger partial charge in [-0.15, -0.1) is 0 Å². The third-order valence-electron chi connectivity index (χ3n) is 3.84. The van der Waals surface area contributed by atoms with Gasteiger partial charge in [-0.2, -0.15) is 0 Å². The van der Waals surface area contributed by atoms with Crippen molar-refractivity contribution in [2.75, 3.05) is 0 Å². The molecule has 0 radical (unpaired) electrons. The molecule has 0 aliphatic heterocycles. The van der Waals surface area contributed by atoms with E-state index in [1.54, 1.807) is 20.8 Å². The van der Waals surface area contributed by atoms with Gasteiger partial charge in [0.2, 0.25) is 5.91 Å². The van der Waals surface area contributed by atoms with Gasteiger partial charge in [-0.05, 0) is 33.6 Å². The Hall–Kier alpha value is -2.38. The summed E-state index contributed by atoms with van der Waals surface area (Å²) in [5.41, 5.74) is -2.89. The molecule has 1 aliphatic carbocycles.